The van der Waals surface area contributed by atoms with Crippen LogP contribution in [0.1, 0.15) is 0 Å². The number of rotatable bonds is 0. The van der Waals surface area contributed by atoms with E-state index in [0.29, 0.717) is 0 Å². The van der Waals surface area contributed by atoms with Crippen molar-refractivity contribution in [2.24, 2.45) is 0 Å². The molecule has 0 aromatic carbocycles. The molecule has 0 saturated carbocycles. The maximum atomic E-state index is 2.15. The van der Waals surface area contributed by atoms with Crippen molar-refractivity contribution < 1.29 is 0 Å². The zero-order valence-corrected chi connectivity index (χ0v) is 6.17. The van der Waals surface area contributed by atoms with Gasteiger partial charge < -0.3 is 0 Å². The van der Waals surface area contributed by atoms with Crippen LogP contribution in [0.25, 0.3) is 0 Å². The van der Waals surface area contributed by atoms with E-state index in [0.717, 1.165) is 0 Å². The number of alkyl halides is 1. The monoisotopic (exact) mass is 202 g/mol. The van der Waals surface area contributed by atoms with Crippen molar-refractivity contribution in [3.05, 3.63) is 0 Å². The maximum absolute atomic E-state index is 2.15. The van der Waals surface area contributed by atoms with Gasteiger partial charge >= 0.3 is 0 Å². The highest BCUT2D eigenvalue weighted by atomic mass is 127. The minimum Gasteiger partial charge on any atom is -0.160 e. The molecule has 0 aromatic heterocycles. The summed E-state index contributed by atoms with van der Waals surface area (Å²) in [4.78, 5) is 1.97. The molecule has 0 spiro atoms. The molecule has 0 aromatic rings. The molecule has 0 amide bonds. The van der Waals surface area contributed by atoms with Crippen LogP contribution in [0.4, 0.5) is 0 Å². The number of hydrogen-bond donors (Lipinski definition) is 0. The van der Waals surface area contributed by atoms with Crippen molar-refractivity contribution in [1.29, 1.82) is 0 Å². The number of halogens is 1. The normalized spacial score (nSPS) is 15.6. The summed E-state index contributed by atoms with van der Waals surface area (Å²) in [5, 5.41) is 0. The van der Waals surface area contributed by atoms with Crippen LogP contribution in [0, 0.1) is 0 Å². The first-order valence-corrected chi connectivity index (χ1v) is 4.77. The van der Waals surface area contributed by atoms with Crippen molar-refractivity contribution in [1.82, 2.24) is 0 Å². The Morgan fingerprint density at radius 1 is 1.40 bits per heavy atom. The quantitative estimate of drug-likeness (QED) is 0.328. The van der Waals surface area contributed by atoms with E-state index in [9.17, 15) is 0 Å². The van der Waals surface area contributed by atoms with Gasteiger partial charge in [-0.25, -0.2) is 0 Å². The highest BCUT2D eigenvalue weighted by molar-refractivity contribution is 14.1. The van der Waals surface area contributed by atoms with Gasteiger partial charge in [-0.3, -0.25) is 0 Å². The van der Waals surface area contributed by atoms with Gasteiger partial charge in [-0.15, -0.1) is 0 Å². The summed E-state index contributed by atoms with van der Waals surface area (Å²) in [6.07, 6.45) is 0. The number of thioether (sulfide) groups is 1. The molecule has 1 rings (SSSR count). The van der Waals surface area contributed by atoms with Crippen molar-refractivity contribution in [2.75, 3.05) is 16.4 Å². The number of hydrogen-bond acceptors (Lipinski definition) is 1. The highest BCUT2D eigenvalue weighted by Gasteiger charge is 1.95. The van der Waals surface area contributed by atoms with Gasteiger partial charge in [0.1, 0.15) is 0 Å². The molecule has 1 fully saturated rings. The Hall–Kier alpha value is 1.08. The first-order valence-electron chi connectivity index (χ1n) is 1.46. The largest absolute Gasteiger partial charge is 0.160 e. The predicted octanol–water partition coefficient (Wildman–Crippen LogP) is 1.78. The van der Waals surface area contributed by atoms with Gasteiger partial charge in [-0.2, -0.15) is 11.8 Å². The van der Waals surface area contributed by atoms with Crippen LogP contribution in [0.2, 0.25) is 0 Å². The molecule has 1 aliphatic rings. The van der Waals surface area contributed by atoms with E-state index in [4.69, 9.17) is 0 Å². The zero-order valence-electron chi connectivity index (χ0n) is 3.20. The van der Waals surface area contributed by atoms with Gasteiger partial charge in [0.15, 0.2) is 0 Å². The Labute approximate surface area is 50.9 Å². The summed E-state index contributed by atoms with van der Waals surface area (Å²) in [7, 11) is 0. The van der Waals surface area contributed by atoms with Gasteiger partial charge in [0.2, 0.25) is 0 Å². The molecule has 1 saturated heterocycles. The van der Waals surface area contributed by atoms with Crippen molar-refractivity contribution in [3.8, 4) is 0 Å². The smallest absolute Gasteiger partial charge is 0.00238 e. The molecular weight excluding hydrogens is 195 g/mol. The van der Waals surface area contributed by atoms with E-state index in [1.54, 1.807) is 0 Å². The lowest BCUT2D eigenvalue weighted by atomic mass is 11.0. The standard InChI is InChI=1S/C2H4S.CH3I/c1-2-3-1;1-2/h1-2H2;1H3. The van der Waals surface area contributed by atoms with E-state index in [2.05, 4.69) is 22.6 Å². The van der Waals surface area contributed by atoms with Gasteiger partial charge in [-0.05, 0) is 4.93 Å². The minimum atomic E-state index is 1.42. The third-order valence-corrected chi connectivity index (χ3v) is 0.612. The average molecular weight is 202 g/mol. The molecule has 0 atom stereocenters. The topological polar surface area (TPSA) is 0 Å². The molecule has 32 valence electrons. The third kappa shape index (κ3) is 11.1. The Balaban J connectivity index is 0.0000000733. The Morgan fingerprint density at radius 2 is 1.60 bits per heavy atom. The van der Waals surface area contributed by atoms with Crippen LogP contribution >= 0.6 is 34.4 Å². The second-order valence-electron chi connectivity index (χ2n) is 0.612. The highest BCUT2D eigenvalue weighted by Crippen LogP contribution is 2.14. The fraction of sp³-hybridized carbons (Fsp3) is 1.00. The van der Waals surface area contributed by atoms with Crippen LogP contribution < -0.4 is 0 Å². The fourth-order valence-electron chi connectivity index (χ4n) is 0. The van der Waals surface area contributed by atoms with E-state index >= 15 is 0 Å². The van der Waals surface area contributed by atoms with E-state index in [-0.39, 0.29) is 0 Å². The van der Waals surface area contributed by atoms with E-state index in [1.807, 2.05) is 16.7 Å². The first kappa shape index (κ1) is 6.08. The molecule has 1 aliphatic heterocycles. The summed E-state index contributed by atoms with van der Waals surface area (Å²) in [5.74, 6) is 2.83. The van der Waals surface area contributed by atoms with Gasteiger partial charge in [0.05, 0.1) is 0 Å². The summed E-state index contributed by atoms with van der Waals surface area (Å²) >= 11 is 4.15. The molecule has 0 radical (unpaired) electrons. The lowest BCUT2D eigenvalue weighted by Crippen LogP contribution is -1.20. The Kier molecular flexibility index (Phi) is 6.18. The van der Waals surface area contributed by atoms with Crippen LogP contribution in [-0.2, 0) is 0 Å². The fourth-order valence-corrected chi connectivity index (χ4v) is 0. The summed E-state index contributed by atoms with van der Waals surface area (Å²) in [6.45, 7) is 0. The second kappa shape index (κ2) is 5.08. The predicted molar refractivity (Wildman–Crippen MR) is 37.3 cm³/mol. The summed E-state index contributed by atoms with van der Waals surface area (Å²) < 4.78 is 0. The van der Waals surface area contributed by atoms with Gasteiger partial charge in [0.25, 0.3) is 0 Å². The Bertz CT molecular complexity index is 11.6. The molecule has 0 aliphatic carbocycles. The molecule has 1 heterocycles. The SMILES string of the molecule is C1CS1.CI. The molecule has 0 unspecified atom stereocenters. The van der Waals surface area contributed by atoms with Crippen LogP contribution in [0.15, 0.2) is 0 Å². The molecule has 0 bridgehead atoms. The van der Waals surface area contributed by atoms with Gasteiger partial charge in [0, 0.05) is 11.5 Å². The molecule has 0 N–H and O–H groups in total. The third-order valence-electron chi connectivity index (χ3n) is 0.204. The minimum absolute atomic E-state index is 1.42. The lowest BCUT2D eigenvalue weighted by molar-refractivity contribution is 1.75. The van der Waals surface area contributed by atoms with Crippen molar-refractivity contribution in [2.45, 2.75) is 0 Å². The van der Waals surface area contributed by atoms with E-state index in [1.165, 1.54) is 11.5 Å². The van der Waals surface area contributed by atoms with Crippen molar-refractivity contribution >= 4 is 34.4 Å². The summed E-state index contributed by atoms with van der Waals surface area (Å²) in [6, 6.07) is 0. The zero-order chi connectivity index (χ0) is 4.12. The summed E-state index contributed by atoms with van der Waals surface area (Å²) in [5.41, 5.74) is 0. The van der Waals surface area contributed by atoms with Crippen LogP contribution in [0.3, 0.4) is 0 Å². The molecule has 2 heteroatoms. The average Bonchev–Trinajstić information content (AvgIpc) is 2.19. The van der Waals surface area contributed by atoms with Crippen molar-refractivity contribution in [3.63, 3.8) is 0 Å². The molecule has 5 heavy (non-hydrogen) atoms. The van der Waals surface area contributed by atoms with Gasteiger partial charge in [-0.1, -0.05) is 22.6 Å². The van der Waals surface area contributed by atoms with E-state index < -0.39 is 0 Å². The molecule has 0 nitrogen and oxygen atoms in total. The van der Waals surface area contributed by atoms with Crippen LogP contribution in [-0.4, -0.2) is 16.4 Å². The maximum Gasteiger partial charge on any atom is 0.00238 e. The van der Waals surface area contributed by atoms with Crippen LogP contribution in [0.5, 0.6) is 0 Å². The molecular formula is C3H7IS. The first-order chi connectivity index (χ1) is 2.50. The second-order valence-corrected chi connectivity index (χ2v) is 1.84. The lowest BCUT2D eigenvalue weighted by Gasteiger charge is -1.11. The Morgan fingerprint density at radius 3 is 1.60 bits per heavy atom.